The van der Waals surface area contributed by atoms with Gasteiger partial charge >= 0.3 is 69.5 Å². The van der Waals surface area contributed by atoms with Crippen molar-refractivity contribution in [3.8, 4) is 5.75 Å². The summed E-state index contributed by atoms with van der Waals surface area (Å²) in [5.41, 5.74) is 0. The summed E-state index contributed by atoms with van der Waals surface area (Å²) in [5, 5.41) is 9.17. The Balaban J connectivity index is 3.16. The van der Waals surface area contributed by atoms with Crippen LogP contribution in [0.1, 0.15) is 0 Å². The van der Waals surface area contributed by atoms with Gasteiger partial charge in [0.15, 0.2) is 0 Å². The molecule has 2 nitrogen and oxygen atoms in total. The van der Waals surface area contributed by atoms with Gasteiger partial charge in [0, 0.05) is 0 Å². The Morgan fingerprint density at radius 2 is 2.20 bits per heavy atom. The van der Waals surface area contributed by atoms with Crippen LogP contribution in [0.2, 0.25) is 5.02 Å². The molecule has 4 heteroatoms. The second kappa shape index (κ2) is 3.18. The number of hydrogen-bond donors (Lipinski definition) is 1. The quantitative estimate of drug-likeness (QED) is 0.706. The fraction of sp³-hybridized carbons (Fsp3) is 0. The average molecular weight is 218 g/mol. The van der Waals surface area contributed by atoms with Crippen LogP contribution in [0.5, 0.6) is 5.75 Å². The number of aromatic hydroxyl groups is 1. The van der Waals surface area contributed by atoms with Crippen molar-refractivity contribution < 1.29 is 8.85 Å². The van der Waals surface area contributed by atoms with Gasteiger partial charge in [-0.25, -0.2) is 0 Å². The number of rotatable bonds is 1. The molecular formula is C6H4AsClO2. The van der Waals surface area contributed by atoms with E-state index in [1.807, 2.05) is 0 Å². The first-order valence-corrected chi connectivity index (χ1v) is 4.64. The van der Waals surface area contributed by atoms with Gasteiger partial charge in [-0.15, -0.1) is 0 Å². The molecule has 10 heavy (non-hydrogen) atoms. The molecule has 52 valence electrons. The van der Waals surface area contributed by atoms with Gasteiger partial charge in [-0.2, -0.15) is 0 Å². The summed E-state index contributed by atoms with van der Waals surface area (Å²) in [5.74, 6) is 0.0278. The minimum atomic E-state index is -1.04. The zero-order chi connectivity index (χ0) is 7.56. The van der Waals surface area contributed by atoms with E-state index in [2.05, 4.69) is 0 Å². The molecule has 1 N–H and O–H groups in total. The van der Waals surface area contributed by atoms with Crippen LogP contribution in [-0.2, 0) is 3.74 Å². The predicted octanol–water partition coefficient (Wildman–Crippen LogP) is 0.721. The molecule has 0 bridgehead atoms. The van der Waals surface area contributed by atoms with Gasteiger partial charge in [-0.3, -0.25) is 0 Å². The third kappa shape index (κ3) is 1.58. The van der Waals surface area contributed by atoms with Crippen molar-refractivity contribution in [2.24, 2.45) is 0 Å². The Labute approximate surface area is 69.7 Å². The summed E-state index contributed by atoms with van der Waals surface area (Å²) in [6, 6.07) is 4.53. The van der Waals surface area contributed by atoms with Gasteiger partial charge in [0.25, 0.3) is 0 Å². The molecular weight excluding hydrogens is 214 g/mol. The summed E-state index contributed by atoms with van der Waals surface area (Å²) >= 11 is 4.48. The number of phenolic OH excluding ortho intramolecular Hbond substituents is 1. The zero-order valence-electron chi connectivity index (χ0n) is 4.91. The summed E-state index contributed by atoms with van der Waals surface area (Å²) in [4.78, 5) is 0. The van der Waals surface area contributed by atoms with E-state index in [-0.39, 0.29) is 10.8 Å². The van der Waals surface area contributed by atoms with Crippen LogP contribution in [0.4, 0.5) is 0 Å². The van der Waals surface area contributed by atoms with Crippen molar-refractivity contribution in [1.82, 2.24) is 0 Å². The summed E-state index contributed by atoms with van der Waals surface area (Å²) in [6.07, 6.45) is 0. The second-order valence-corrected chi connectivity index (χ2v) is 3.60. The molecule has 0 aliphatic heterocycles. The molecule has 1 aromatic carbocycles. The Morgan fingerprint density at radius 3 is 2.70 bits per heavy atom. The number of phenols is 1. The van der Waals surface area contributed by atoms with Crippen LogP contribution in [0.15, 0.2) is 18.2 Å². The molecule has 0 atom stereocenters. The molecule has 0 radical (unpaired) electrons. The molecule has 1 rings (SSSR count). The van der Waals surface area contributed by atoms with Gasteiger partial charge < -0.3 is 0 Å². The Bertz CT molecular complexity index is 262. The maximum absolute atomic E-state index is 10.3. The zero-order valence-corrected chi connectivity index (χ0v) is 7.55. The fourth-order valence-electron chi connectivity index (χ4n) is 0.553. The third-order valence-corrected chi connectivity index (χ3v) is 2.37. The van der Waals surface area contributed by atoms with Gasteiger partial charge in [-0.05, 0) is 0 Å². The van der Waals surface area contributed by atoms with Crippen LogP contribution in [-0.4, -0.2) is 20.8 Å². The van der Waals surface area contributed by atoms with E-state index >= 15 is 0 Å². The number of benzene rings is 1. The Hall–Kier alpha value is -0.332. The Kier molecular flexibility index (Phi) is 2.47. The van der Waals surface area contributed by atoms with Crippen molar-refractivity contribution >= 4 is 31.6 Å². The molecule has 0 aromatic heterocycles. The maximum atomic E-state index is 10.3. The first-order valence-electron chi connectivity index (χ1n) is 2.56. The summed E-state index contributed by atoms with van der Waals surface area (Å²) < 4.78 is 11.0. The molecule has 0 aliphatic rings. The van der Waals surface area contributed by atoms with Crippen LogP contribution in [0.25, 0.3) is 0 Å². The Morgan fingerprint density at radius 1 is 1.50 bits per heavy atom. The number of halogens is 1. The topological polar surface area (TPSA) is 37.3 Å². The van der Waals surface area contributed by atoms with Crippen molar-refractivity contribution in [2.75, 3.05) is 0 Å². The molecule has 0 aliphatic carbocycles. The van der Waals surface area contributed by atoms with Crippen molar-refractivity contribution in [3.63, 3.8) is 0 Å². The molecule has 0 amide bonds. The van der Waals surface area contributed by atoms with E-state index in [1.165, 1.54) is 12.1 Å². The first kappa shape index (κ1) is 7.77. The minimum absolute atomic E-state index is 0.0278. The standard InChI is InChI=1S/C6H4AsClO2/c8-5-3-4(7-10)1-2-6(5)9/h1-3,9H. The van der Waals surface area contributed by atoms with Crippen LogP contribution in [0.3, 0.4) is 0 Å². The van der Waals surface area contributed by atoms with Gasteiger partial charge in [0.1, 0.15) is 0 Å². The van der Waals surface area contributed by atoms with Crippen LogP contribution < -0.4 is 4.35 Å². The van der Waals surface area contributed by atoms with E-state index in [4.69, 9.17) is 16.7 Å². The molecule has 0 fully saturated rings. The van der Waals surface area contributed by atoms with Gasteiger partial charge in [0.05, 0.1) is 0 Å². The molecule has 0 unspecified atom stereocenters. The molecule has 0 saturated heterocycles. The van der Waals surface area contributed by atoms with Crippen molar-refractivity contribution in [3.05, 3.63) is 23.2 Å². The normalized spacial score (nSPS) is 10.1. The van der Waals surface area contributed by atoms with Crippen molar-refractivity contribution in [2.45, 2.75) is 0 Å². The monoisotopic (exact) mass is 218 g/mol. The van der Waals surface area contributed by atoms with E-state index in [9.17, 15) is 3.74 Å². The molecule has 0 heterocycles. The van der Waals surface area contributed by atoms with Crippen LogP contribution in [0, 0.1) is 0 Å². The molecule has 0 saturated carbocycles. The van der Waals surface area contributed by atoms with Gasteiger partial charge in [-0.1, -0.05) is 0 Å². The van der Waals surface area contributed by atoms with Crippen molar-refractivity contribution in [1.29, 1.82) is 0 Å². The molecule has 1 aromatic rings. The van der Waals surface area contributed by atoms with E-state index < -0.39 is 15.7 Å². The van der Waals surface area contributed by atoms with E-state index in [0.29, 0.717) is 4.35 Å². The predicted molar refractivity (Wildman–Crippen MR) is 39.2 cm³/mol. The van der Waals surface area contributed by atoms with E-state index in [1.54, 1.807) is 6.07 Å². The van der Waals surface area contributed by atoms with Gasteiger partial charge in [0.2, 0.25) is 0 Å². The molecule has 0 spiro atoms. The third-order valence-electron chi connectivity index (χ3n) is 1.04. The average Bonchev–Trinajstić information content (AvgIpc) is 1.95. The fourth-order valence-corrected chi connectivity index (χ4v) is 1.56. The second-order valence-electron chi connectivity index (χ2n) is 1.73. The number of hydrogen-bond acceptors (Lipinski definition) is 2. The summed E-state index contributed by atoms with van der Waals surface area (Å²) in [7, 11) is 0. The van der Waals surface area contributed by atoms with Crippen LogP contribution >= 0.6 is 11.6 Å². The SMILES string of the molecule is O=[As]c1ccc(O)c(Cl)c1. The first-order chi connectivity index (χ1) is 4.74. The summed E-state index contributed by atoms with van der Waals surface area (Å²) in [6.45, 7) is 0. The van der Waals surface area contributed by atoms with E-state index in [0.717, 1.165) is 0 Å².